The number of carbonyl (C=O) groups is 3. The Bertz CT molecular complexity index is 1010. The topological polar surface area (TPSA) is 84.2 Å². The van der Waals surface area contributed by atoms with Crippen molar-refractivity contribution in [3.63, 3.8) is 0 Å². The number of nitrogens with zero attached hydrogens (tertiary/aromatic N) is 4. The van der Waals surface area contributed by atoms with Crippen LogP contribution in [0.1, 0.15) is 12.5 Å². The van der Waals surface area contributed by atoms with Crippen molar-refractivity contribution >= 4 is 51.2 Å². The molecule has 0 bridgehead atoms. The summed E-state index contributed by atoms with van der Waals surface area (Å²) in [4.78, 5) is 44.6. The quantitative estimate of drug-likeness (QED) is 0.696. The second-order valence-corrected chi connectivity index (χ2v) is 8.97. The molecular formula is C20H26N4O4S2. The standard InChI is InChI=1S/C20H26N4O4S2/c1-4-28-20(27)24-9-7-23(8-10-24)18(26)13-29-12-17(25)21-19-22(3)15-6-5-14(2)11-16(15)30-19/h5-6,11H,4,7-10,12-13H2,1-3H3. The van der Waals surface area contributed by atoms with Crippen molar-refractivity contribution in [2.45, 2.75) is 13.8 Å². The highest BCUT2D eigenvalue weighted by Gasteiger charge is 2.24. The van der Waals surface area contributed by atoms with Gasteiger partial charge in [-0.1, -0.05) is 17.4 Å². The lowest BCUT2D eigenvalue weighted by Crippen LogP contribution is -2.51. The zero-order valence-corrected chi connectivity index (χ0v) is 19.1. The van der Waals surface area contributed by atoms with Gasteiger partial charge >= 0.3 is 6.09 Å². The first-order valence-corrected chi connectivity index (χ1v) is 11.8. The van der Waals surface area contributed by atoms with Crippen LogP contribution in [0.4, 0.5) is 4.79 Å². The Labute approximate surface area is 183 Å². The van der Waals surface area contributed by atoms with E-state index >= 15 is 0 Å². The van der Waals surface area contributed by atoms with E-state index in [4.69, 9.17) is 4.74 Å². The van der Waals surface area contributed by atoms with Crippen LogP contribution in [0.3, 0.4) is 0 Å². The first-order valence-electron chi connectivity index (χ1n) is 9.80. The fourth-order valence-corrected chi connectivity index (χ4v) is 4.99. The summed E-state index contributed by atoms with van der Waals surface area (Å²) in [6.07, 6.45) is -0.337. The number of aromatic nitrogens is 1. The number of benzene rings is 1. The normalized spacial score (nSPS) is 15.0. The highest BCUT2D eigenvalue weighted by molar-refractivity contribution is 8.00. The molecule has 1 aliphatic heterocycles. The van der Waals surface area contributed by atoms with E-state index in [0.717, 1.165) is 10.2 Å². The third-order valence-electron chi connectivity index (χ3n) is 4.79. The van der Waals surface area contributed by atoms with E-state index in [1.165, 1.54) is 28.7 Å². The summed E-state index contributed by atoms with van der Waals surface area (Å²) >= 11 is 2.75. The Morgan fingerprint density at radius 2 is 1.83 bits per heavy atom. The van der Waals surface area contributed by atoms with Gasteiger partial charge in [0.2, 0.25) is 5.91 Å². The van der Waals surface area contributed by atoms with Gasteiger partial charge in [-0.05, 0) is 31.5 Å². The van der Waals surface area contributed by atoms with E-state index in [1.54, 1.807) is 16.7 Å². The third kappa shape index (κ3) is 5.42. The number of aryl methyl sites for hydroxylation is 2. The molecule has 0 N–H and O–H groups in total. The van der Waals surface area contributed by atoms with E-state index in [-0.39, 0.29) is 29.4 Å². The van der Waals surface area contributed by atoms with Crippen molar-refractivity contribution in [2.24, 2.45) is 12.0 Å². The molecule has 0 saturated carbocycles. The lowest BCUT2D eigenvalue weighted by atomic mass is 10.2. The van der Waals surface area contributed by atoms with Crippen molar-refractivity contribution in [1.29, 1.82) is 0 Å². The largest absolute Gasteiger partial charge is 0.450 e. The number of rotatable bonds is 5. The molecule has 1 saturated heterocycles. The van der Waals surface area contributed by atoms with Crippen LogP contribution in [0.15, 0.2) is 23.2 Å². The van der Waals surface area contributed by atoms with Gasteiger partial charge in [-0.25, -0.2) is 4.79 Å². The molecule has 0 radical (unpaired) electrons. The molecule has 30 heavy (non-hydrogen) atoms. The highest BCUT2D eigenvalue weighted by Crippen LogP contribution is 2.18. The fraction of sp³-hybridized carbons (Fsp3) is 0.500. The summed E-state index contributed by atoms with van der Waals surface area (Å²) in [5.41, 5.74) is 2.21. The van der Waals surface area contributed by atoms with Crippen LogP contribution < -0.4 is 4.80 Å². The van der Waals surface area contributed by atoms with E-state index in [9.17, 15) is 14.4 Å². The third-order valence-corrected chi connectivity index (χ3v) is 6.79. The monoisotopic (exact) mass is 450 g/mol. The number of carbonyl (C=O) groups excluding carboxylic acids is 3. The number of thioether (sulfide) groups is 1. The maximum absolute atomic E-state index is 12.4. The number of fused-ring (bicyclic) bond motifs is 1. The fourth-order valence-electron chi connectivity index (χ4n) is 3.16. The van der Waals surface area contributed by atoms with Crippen molar-refractivity contribution in [3.8, 4) is 0 Å². The predicted octanol–water partition coefficient (Wildman–Crippen LogP) is 2.01. The lowest BCUT2D eigenvalue weighted by molar-refractivity contribution is -0.129. The molecule has 0 aliphatic carbocycles. The molecular weight excluding hydrogens is 424 g/mol. The van der Waals surface area contributed by atoms with Crippen LogP contribution in [0.25, 0.3) is 10.2 Å². The SMILES string of the molecule is CCOC(=O)N1CCN(C(=O)CSCC(=O)N=c2sc3cc(C)ccc3n2C)CC1. The molecule has 162 valence electrons. The minimum Gasteiger partial charge on any atom is -0.450 e. The molecule has 2 aromatic rings. The molecule has 10 heteroatoms. The first-order chi connectivity index (χ1) is 14.4. The average molecular weight is 451 g/mol. The predicted molar refractivity (Wildman–Crippen MR) is 119 cm³/mol. The number of thiazole rings is 1. The number of piperazine rings is 1. The lowest BCUT2D eigenvalue weighted by Gasteiger charge is -2.34. The van der Waals surface area contributed by atoms with Crippen LogP contribution in [-0.4, -0.2) is 76.6 Å². The Kier molecular flexibility index (Phi) is 7.54. The smallest absolute Gasteiger partial charge is 0.409 e. The van der Waals surface area contributed by atoms with Gasteiger partial charge in [0.1, 0.15) is 0 Å². The van der Waals surface area contributed by atoms with E-state index < -0.39 is 0 Å². The van der Waals surface area contributed by atoms with Gasteiger partial charge in [-0.2, -0.15) is 4.99 Å². The summed E-state index contributed by atoms with van der Waals surface area (Å²) in [5.74, 6) is 0.0956. The highest BCUT2D eigenvalue weighted by atomic mass is 32.2. The van der Waals surface area contributed by atoms with Crippen LogP contribution in [0.5, 0.6) is 0 Å². The maximum atomic E-state index is 12.4. The van der Waals surface area contributed by atoms with Crippen molar-refractivity contribution in [2.75, 3.05) is 44.3 Å². The van der Waals surface area contributed by atoms with E-state index in [2.05, 4.69) is 11.1 Å². The summed E-state index contributed by atoms with van der Waals surface area (Å²) in [7, 11) is 1.90. The van der Waals surface area contributed by atoms with Crippen LogP contribution in [0, 0.1) is 6.92 Å². The molecule has 0 unspecified atom stereocenters. The van der Waals surface area contributed by atoms with E-state index in [1.807, 2.05) is 30.7 Å². The van der Waals surface area contributed by atoms with Gasteiger partial charge in [-0.3, -0.25) is 9.59 Å². The average Bonchev–Trinajstić information content (AvgIpc) is 3.02. The number of hydrogen-bond acceptors (Lipinski definition) is 6. The Balaban J connectivity index is 1.48. The molecule has 3 rings (SSSR count). The van der Waals surface area contributed by atoms with Gasteiger partial charge in [-0.15, -0.1) is 11.8 Å². The van der Waals surface area contributed by atoms with Crippen molar-refractivity contribution in [1.82, 2.24) is 14.4 Å². The van der Waals surface area contributed by atoms with Crippen molar-refractivity contribution in [3.05, 3.63) is 28.6 Å². The summed E-state index contributed by atoms with van der Waals surface area (Å²) in [6, 6.07) is 6.15. The summed E-state index contributed by atoms with van der Waals surface area (Å²) in [5, 5.41) is 0. The van der Waals surface area contributed by atoms with E-state index in [0.29, 0.717) is 37.6 Å². The minimum atomic E-state index is -0.337. The Hall–Kier alpha value is -2.33. The van der Waals surface area contributed by atoms with Gasteiger partial charge in [0.05, 0.1) is 28.3 Å². The molecule has 1 fully saturated rings. The molecule has 2 heterocycles. The number of ether oxygens (including phenoxy) is 1. The van der Waals surface area contributed by atoms with Crippen LogP contribution >= 0.6 is 23.1 Å². The molecule has 0 atom stereocenters. The van der Waals surface area contributed by atoms with Crippen molar-refractivity contribution < 1.29 is 19.1 Å². The second kappa shape index (κ2) is 10.1. The van der Waals surface area contributed by atoms with Gasteiger partial charge in [0.25, 0.3) is 5.91 Å². The van der Waals surface area contributed by atoms with Gasteiger partial charge in [0.15, 0.2) is 4.80 Å². The zero-order valence-electron chi connectivity index (χ0n) is 17.4. The molecule has 1 aliphatic rings. The summed E-state index contributed by atoms with van der Waals surface area (Å²) in [6.45, 7) is 6.03. The van der Waals surface area contributed by atoms with Crippen LogP contribution in [0.2, 0.25) is 0 Å². The molecule has 3 amide bonds. The number of hydrogen-bond donors (Lipinski definition) is 0. The Morgan fingerprint density at radius 1 is 1.13 bits per heavy atom. The van der Waals surface area contributed by atoms with Gasteiger partial charge in [0, 0.05) is 33.2 Å². The maximum Gasteiger partial charge on any atom is 0.409 e. The van der Waals surface area contributed by atoms with Gasteiger partial charge < -0.3 is 19.1 Å². The molecule has 1 aromatic carbocycles. The van der Waals surface area contributed by atoms with Crippen LogP contribution in [-0.2, 0) is 21.4 Å². The second-order valence-electron chi connectivity index (χ2n) is 6.98. The number of amides is 3. The zero-order chi connectivity index (χ0) is 21.7. The molecule has 0 spiro atoms. The molecule has 1 aromatic heterocycles. The minimum absolute atomic E-state index is 0.0285. The molecule has 8 nitrogen and oxygen atoms in total. The first kappa shape index (κ1) is 22.4. The Morgan fingerprint density at radius 3 is 2.53 bits per heavy atom. The summed E-state index contributed by atoms with van der Waals surface area (Å²) < 4.78 is 7.99.